The molecule has 0 bridgehead atoms. The van der Waals surface area contributed by atoms with Gasteiger partial charge in [0, 0.05) is 16.6 Å². The number of hydrogen-bond acceptors (Lipinski definition) is 5. The van der Waals surface area contributed by atoms with Crippen LogP contribution in [0.5, 0.6) is 11.5 Å². The van der Waals surface area contributed by atoms with E-state index in [4.69, 9.17) is 21.1 Å². The fourth-order valence-corrected chi connectivity index (χ4v) is 3.16. The van der Waals surface area contributed by atoms with Gasteiger partial charge in [-0.3, -0.25) is 14.2 Å². The van der Waals surface area contributed by atoms with Crippen LogP contribution in [0.4, 0.5) is 5.69 Å². The molecule has 132 valence electrons. The lowest BCUT2D eigenvalue weighted by atomic mass is 10.2. The van der Waals surface area contributed by atoms with Crippen LogP contribution in [0.3, 0.4) is 0 Å². The smallest absolute Gasteiger partial charge is 0.261 e. The molecule has 0 radical (unpaired) electrons. The number of fused-ring (bicyclic) bond motifs is 2. The van der Waals surface area contributed by atoms with Crippen LogP contribution >= 0.6 is 27.5 Å². The summed E-state index contributed by atoms with van der Waals surface area (Å²) in [7, 11) is 0. The highest BCUT2D eigenvalue weighted by atomic mass is 79.9. The third-order valence-corrected chi connectivity index (χ3v) is 4.64. The first-order valence-electron chi connectivity index (χ1n) is 7.55. The molecule has 4 rings (SSSR count). The van der Waals surface area contributed by atoms with Crippen LogP contribution in [0.15, 0.2) is 45.9 Å². The van der Waals surface area contributed by atoms with Crippen molar-refractivity contribution in [2.45, 2.75) is 6.54 Å². The maximum absolute atomic E-state index is 12.5. The first-order valence-corrected chi connectivity index (χ1v) is 8.72. The number of nitrogens with zero attached hydrogens (tertiary/aromatic N) is 2. The summed E-state index contributed by atoms with van der Waals surface area (Å²) in [6.45, 7) is -0.0875. The lowest BCUT2D eigenvalue weighted by molar-refractivity contribution is -0.116. The molecule has 7 nitrogen and oxygen atoms in total. The van der Waals surface area contributed by atoms with E-state index in [1.807, 2.05) is 0 Å². The number of anilines is 1. The Morgan fingerprint density at radius 3 is 2.85 bits per heavy atom. The Bertz CT molecular complexity index is 1100. The molecule has 1 aliphatic rings. The van der Waals surface area contributed by atoms with Gasteiger partial charge in [0.1, 0.15) is 6.54 Å². The Morgan fingerprint density at radius 1 is 1.27 bits per heavy atom. The van der Waals surface area contributed by atoms with Crippen molar-refractivity contribution < 1.29 is 14.3 Å². The van der Waals surface area contributed by atoms with E-state index in [9.17, 15) is 9.59 Å². The van der Waals surface area contributed by atoms with Crippen molar-refractivity contribution in [1.29, 1.82) is 0 Å². The first kappa shape index (κ1) is 16.9. The Kier molecular flexibility index (Phi) is 4.29. The molecule has 3 aromatic rings. The highest BCUT2D eigenvalue weighted by molar-refractivity contribution is 9.10. The predicted octanol–water partition coefficient (Wildman–Crippen LogP) is 3.18. The van der Waals surface area contributed by atoms with Gasteiger partial charge in [-0.05, 0) is 18.2 Å². The van der Waals surface area contributed by atoms with E-state index in [2.05, 4.69) is 26.2 Å². The molecule has 2 heterocycles. The predicted molar refractivity (Wildman–Crippen MR) is 99.9 cm³/mol. The number of carbonyl (C=O) groups is 1. The average molecular weight is 437 g/mol. The molecule has 0 aliphatic carbocycles. The van der Waals surface area contributed by atoms with Gasteiger partial charge < -0.3 is 14.8 Å². The van der Waals surface area contributed by atoms with Gasteiger partial charge in [-0.15, -0.1) is 0 Å². The summed E-state index contributed by atoms with van der Waals surface area (Å²) in [4.78, 5) is 29.1. The SMILES string of the molecule is O=C(Cn1cnc2ccc(Br)cc2c1=O)Nc1cc2c(cc1Cl)OCO2. The van der Waals surface area contributed by atoms with Gasteiger partial charge in [-0.1, -0.05) is 27.5 Å². The van der Waals surface area contributed by atoms with Crippen molar-refractivity contribution in [3.05, 3.63) is 56.5 Å². The van der Waals surface area contributed by atoms with Crippen LogP contribution in [0.1, 0.15) is 0 Å². The number of hydrogen-bond donors (Lipinski definition) is 1. The maximum atomic E-state index is 12.5. The number of carbonyl (C=O) groups excluding carboxylic acids is 1. The molecule has 0 atom stereocenters. The third kappa shape index (κ3) is 3.13. The van der Waals surface area contributed by atoms with Crippen molar-refractivity contribution in [1.82, 2.24) is 9.55 Å². The van der Waals surface area contributed by atoms with Crippen LogP contribution in [-0.4, -0.2) is 22.3 Å². The van der Waals surface area contributed by atoms with Crippen LogP contribution in [-0.2, 0) is 11.3 Å². The fourth-order valence-electron chi connectivity index (χ4n) is 2.60. The average Bonchev–Trinajstić information content (AvgIpc) is 3.05. The second-order valence-corrected chi connectivity index (χ2v) is 6.90. The van der Waals surface area contributed by atoms with E-state index in [0.29, 0.717) is 33.1 Å². The summed E-state index contributed by atoms with van der Waals surface area (Å²) < 4.78 is 12.5. The molecule has 0 fully saturated rings. The number of ether oxygens (including phenoxy) is 2. The van der Waals surface area contributed by atoms with Gasteiger partial charge in [-0.25, -0.2) is 4.98 Å². The van der Waals surface area contributed by atoms with E-state index in [1.54, 1.807) is 30.3 Å². The summed E-state index contributed by atoms with van der Waals surface area (Å²) >= 11 is 9.47. The van der Waals surface area contributed by atoms with E-state index in [0.717, 1.165) is 4.47 Å². The lowest BCUT2D eigenvalue weighted by Gasteiger charge is -2.10. The van der Waals surface area contributed by atoms with E-state index in [-0.39, 0.29) is 18.9 Å². The van der Waals surface area contributed by atoms with Gasteiger partial charge in [-0.2, -0.15) is 0 Å². The third-order valence-electron chi connectivity index (χ3n) is 3.84. The second kappa shape index (κ2) is 6.62. The molecule has 9 heteroatoms. The van der Waals surface area contributed by atoms with Crippen molar-refractivity contribution in [3.8, 4) is 11.5 Å². The number of nitrogens with one attached hydrogen (secondary N) is 1. The van der Waals surface area contributed by atoms with Gasteiger partial charge in [0.2, 0.25) is 12.7 Å². The normalized spacial score (nSPS) is 12.4. The summed E-state index contributed by atoms with van der Waals surface area (Å²) in [5.41, 5.74) is 0.641. The molecule has 1 amide bonds. The lowest BCUT2D eigenvalue weighted by Crippen LogP contribution is -2.28. The van der Waals surface area contributed by atoms with Gasteiger partial charge in [0.15, 0.2) is 11.5 Å². The van der Waals surface area contributed by atoms with Crippen LogP contribution < -0.4 is 20.3 Å². The van der Waals surface area contributed by atoms with Crippen molar-refractivity contribution >= 4 is 50.0 Å². The van der Waals surface area contributed by atoms with Gasteiger partial charge in [0.05, 0.1) is 27.9 Å². The Balaban J connectivity index is 1.58. The molecule has 26 heavy (non-hydrogen) atoms. The molecule has 1 aliphatic heterocycles. The maximum Gasteiger partial charge on any atom is 0.261 e. The number of amides is 1. The minimum absolute atomic E-state index is 0.108. The van der Waals surface area contributed by atoms with Crippen molar-refractivity contribution in [3.63, 3.8) is 0 Å². The van der Waals surface area contributed by atoms with E-state index >= 15 is 0 Å². The van der Waals surface area contributed by atoms with Gasteiger partial charge in [0.25, 0.3) is 5.56 Å². The highest BCUT2D eigenvalue weighted by Gasteiger charge is 2.18. The Labute approximate surface area is 160 Å². The molecule has 0 unspecified atom stereocenters. The fraction of sp³-hybridized carbons (Fsp3) is 0.118. The Hall–Kier alpha value is -2.58. The zero-order valence-corrected chi connectivity index (χ0v) is 15.5. The van der Waals surface area contributed by atoms with Crippen molar-refractivity contribution in [2.24, 2.45) is 0 Å². The standard InChI is InChI=1S/C17H11BrClN3O4/c18-9-1-2-12-10(3-9)17(24)22(7-20-12)6-16(23)21-13-5-15-14(4-11(13)19)25-8-26-15/h1-5,7H,6,8H2,(H,21,23). The molecule has 0 saturated carbocycles. The monoisotopic (exact) mass is 435 g/mol. The molecular weight excluding hydrogens is 426 g/mol. The molecule has 2 aromatic carbocycles. The minimum Gasteiger partial charge on any atom is -0.454 e. The van der Waals surface area contributed by atoms with E-state index in [1.165, 1.54) is 10.9 Å². The second-order valence-electron chi connectivity index (χ2n) is 5.57. The topological polar surface area (TPSA) is 82.5 Å². The first-order chi connectivity index (χ1) is 12.5. The zero-order valence-electron chi connectivity index (χ0n) is 13.2. The molecule has 0 spiro atoms. The summed E-state index contributed by atoms with van der Waals surface area (Å²) in [6.07, 6.45) is 1.35. The van der Waals surface area contributed by atoms with Crippen LogP contribution in [0.25, 0.3) is 10.9 Å². The van der Waals surface area contributed by atoms with Crippen LogP contribution in [0, 0.1) is 0 Å². The molecule has 1 aromatic heterocycles. The summed E-state index contributed by atoms with van der Waals surface area (Å²) in [5, 5.41) is 3.41. The molecule has 1 N–H and O–H groups in total. The van der Waals surface area contributed by atoms with Gasteiger partial charge >= 0.3 is 0 Å². The minimum atomic E-state index is -0.413. The summed E-state index contributed by atoms with van der Waals surface area (Å²) in [6, 6.07) is 8.36. The van der Waals surface area contributed by atoms with E-state index < -0.39 is 5.91 Å². The molecule has 0 saturated heterocycles. The number of rotatable bonds is 3. The highest BCUT2D eigenvalue weighted by Crippen LogP contribution is 2.39. The number of benzene rings is 2. The van der Waals surface area contributed by atoms with Crippen molar-refractivity contribution in [2.75, 3.05) is 12.1 Å². The largest absolute Gasteiger partial charge is 0.454 e. The quantitative estimate of drug-likeness (QED) is 0.682. The zero-order chi connectivity index (χ0) is 18.3. The number of halogens is 2. The number of aromatic nitrogens is 2. The summed E-state index contributed by atoms with van der Waals surface area (Å²) in [5.74, 6) is 0.608. The van der Waals surface area contributed by atoms with Crippen LogP contribution in [0.2, 0.25) is 5.02 Å². The Morgan fingerprint density at radius 2 is 2.04 bits per heavy atom. The molecular formula is C17H11BrClN3O4.